The van der Waals surface area contributed by atoms with Gasteiger partial charge in [-0.15, -0.1) is 11.8 Å². The van der Waals surface area contributed by atoms with E-state index < -0.39 is 10.3 Å². The van der Waals surface area contributed by atoms with Crippen molar-refractivity contribution in [3.63, 3.8) is 0 Å². The van der Waals surface area contributed by atoms with Gasteiger partial charge in [0.15, 0.2) is 0 Å². The van der Waals surface area contributed by atoms with E-state index in [9.17, 15) is 8.42 Å². The lowest BCUT2D eigenvalue weighted by Gasteiger charge is -2.20. The highest BCUT2D eigenvalue weighted by atomic mass is 32.2. The number of aromatic nitrogens is 1. The summed E-state index contributed by atoms with van der Waals surface area (Å²) in [6.45, 7) is 3.67. The van der Waals surface area contributed by atoms with Crippen molar-refractivity contribution in [2.24, 2.45) is 4.99 Å². The fraction of sp³-hybridized carbons (Fsp3) is 0.625. The molecule has 0 unspecified atom stereocenters. The Kier molecular flexibility index (Phi) is 10.7. The van der Waals surface area contributed by atoms with E-state index in [2.05, 4.69) is 51.7 Å². The van der Waals surface area contributed by atoms with Crippen molar-refractivity contribution in [2.75, 3.05) is 39.6 Å². The van der Waals surface area contributed by atoms with E-state index in [0.717, 1.165) is 64.1 Å². The predicted molar refractivity (Wildman–Crippen MR) is 140 cm³/mol. The molecule has 2 aromatic rings. The summed E-state index contributed by atoms with van der Waals surface area (Å²) in [5, 5.41) is 1.33. The van der Waals surface area contributed by atoms with Crippen LogP contribution in [0.1, 0.15) is 44.9 Å². The molecule has 2 fully saturated rings. The molecule has 190 valence electrons. The largest absolute Gasteiger partial charge is 0.383 e. The smallest absolute Gasteiger partial charge is 0.333 e. The molecule has 4 rings (SSSR count). The zero-order valence-electron chi connectivity index (χ0n) is 20.3. The van der Waals surface area contributed by atoms with E-state index in [4.69, 9.17) is 14.3 Å². The zero-order chi connectivity index (χ0) is 24.4. The Labute approximate surface area is 208 Å². The molecule has 10 heteroatoms. The Morgan fingerprint density at radius 2 is 1.97 bits per heavy atom. The standard InChI is InChI=1S/C18H25N3OS.C6H13NO3S/c1-20-10-5-8-18(20)19-9-13-23-17-14-21(11-12-22-2)16-7-4-3-6-15(16)17;8-11(9,10)7-6-4-2-1-3-5-6/h3-4,6-7,14H,5,8-13H2,1-2H3;6-7H,1-5H2,(H,8,9,10)/b19-18+;. The number of fused-ring (bicyclic) bond motifs is 1. The van der Waals surface area contributed by atoms with Gasteiger partial charge in [0.25, 0.3) is 0 Å². The highest BCUT2D eigenvalue weighted by Crippen LogP contribution is 2.30. The van der Waals surface area contributed by atoms with Crippen LogP contribution in [0.4, 0.5) is 0 Å². The van der Waals surface area contributed by atoms with Gasteiger partial charge in [-0.05, 0) is 25.3 Å². The van der Waals surface area contributed by atoms with Crippen LogP contribution in [0.15, 0.2) is 40.4 Å². The van der Waals surface area contributed by atoms with Crippen molar-refractivity contribution in [1.29, 1.82) is 0 Å². The van der Waals surface area contributed by atoms with Crippen molar-refractivity contribution < 1.29 is 17.7 Å². The number of methoxy groups -OCH3 is 1. The number of hydrogen-bond donors (Lipinski definition) is 2. The highest BCUT2D eigenvalue weighted by Gasteiger charge is 2.17. The van der Waals surface area contributed by atoms with Crippen LogP contribution in [0.2, 0.25) is 0 Å². The minimum Gasteiger partial charge on any atom is -0.383 e. The number of nitrogens with zero attached hydrogens (tertiary/aromatic N) is 3. The van der Waals surface area contributed by atoms with Crippen molar-refractivity contribution in [3.05, 3.63) is 30.5 Å². The molecule has 2 aliphatic rings. The molecule has 0 atom stereocenters. The first kappa shape index (κ1) is 27.0. The molecule has 1 aromatic heterocycles. The summed E-state index contributed by atoms with van der Waals surface area (Å²) in [7, 11) is -0.0819. The summed E-state index contributed by atoms with van der Waals surface area (Å²) < 4.78 is 38.8. The number of likely N-dealkylation sites (tertiary alicyclic amines) is 1. The molecular formula is C24H38N4O4S2. The SMILES string of the molecule is COCCn1cc(SCC/N=C2\CCCN2C)c2ccccc21.O=S(=O)(O)NC1CCCCC1. The van der Waals surface area contributed by atoms with Crippen LogP contribution in [-0.2, 0) is 21.6 Å². The first-order valence-corrected chi connectivity index (χ1v) is 14.5. The summed E-state index contributed by atoms with van der Waals surface area (Å²) in [5.74, 6) is 2.29. The van der Waals surface area contributed by atoms with Crippen LogP contribution in [0.25, 0.3) is 10.9 Å². The number of para-hydroxylation sites is 1. The van der Waals surface area contributed by atoms with E-state index in [-0.39, 0.29) is 6.04 Å². The van der Waals surface area contributed by atoms with Gasteiger partial charge in [-0.3, -0.25) is 9.55 Å². The van der Waals surface area contributed by atoms with E-state index >= 15 is 0 Å². The minimum atomic E-state index is -3.97. The molecule has 0 bridgehead atoms. The maximum absolute atomic E-state index is 10.3. The van der Waals surface area contributed by atoms with Gasteiger partial charge in [-0.25, -0.2) is 0 Å². The lowest BCUT2D eigenvalue weighted by molar-refractivity contribution is 0.188. The molecule has 0 radical (unpaired) electrons. The molecule has 0 spiro atoms. The number of rotatable bonds is 9. The predicted octanol–water partition coefficient (Wildman–Crippen LogP) is 4.22. The van der Waals surface area contributed by atoms with Gasteiger partial charge in [0.2, 0.25) is 0 Å². The van der Waals surface area contributed by atoms with E-state index in [1.54, 1.807) is 7.11 Å². The number of nitrogens with one attached hydrogen (secondary N) is 1. The first-order chi connectivity index (χ1) is 16.4. The molecule has 34 heavy (non-hydrogen) atoms. The van der Waals surface area contributed by atoms with Gasteiger partial charge in [0.1, 0.15) is 0 Å². The Morgan fingerprint density at radius 1 is 1.21 bits per heavy atom. The van der Waals surface area contributed by atoms with Gasteiger partial charge in [-0.1, -0.05) is 37.5 Å². The van der Waals surface area contributed by atoms with Gasteiger partial charge in [0.05, 0.1) is 19.0 Å². The van der Waals surface area contributed by atoms with Crippen molar-refractivity contribution in [2.45, 2.75) is 62.4 Å². The first-order valence-electron chi connectivity index (χ1n) is 12.1. The van der Waals surface area contributed by atoms with E-state index in [1.807, 2.05) is 11.8 Å². The lowest BCUT2D eigenvalue weighted by atomic mass is 9.96. The average molecular weight is 511 g/mol. The number of aliphatic imine (C=N–C) groups is 1. The van der Waals surface area contributed by atoms with Crippen LogP contribution >= 0.6 is 11.8 Å². The quantitative estimate of drug-likeness (QED) is 0.298. The molecule has 1 aliphatic carbocycles. The Balaban J connectivity index is 0.000000248. The molecule has 8 nitrogen and oxygen atoms in total. The van der Waals surface area contributed by atoms with Crippen LogP contribution in [-0.4, -0.2) is 73.9 Å². The minimum absolute atomic E-state index is 0.0428. The normalized spacial score (nSPS) is 18.4. The van der Waals surface area contributed by atoms with E-state index in [1.165, 1.54) is 34.5 Å². The highest BCUT2D eigenvalue weighted by molar-refractivity contribution is 7.99. The summed E-state index contributed by atoms with van der Waals surface area (Å²) in [5.41, 5.74) is 1.29. The fourth-order valence-electron chi connectivity index (χ4n) is 4.46. The van der Waals surface area contributed by atoms with Crippen molar-refractivity contribution >= 4 is 38.8 Å². The number of thioether (sulfide) groups is 1. The van der Waals surface area contributed by atoms with Gasteiger partial charge >= 0.3 is 10.3 Å². The maximum atomic E-state index is 10.3. The molecule has 1 aliphatic heterocycles. The monoisotopic (exact) mass is 510 g/mol. The maximum Gasteiger partial charge on any atom is 0.333 e. The molecule has 1 saturated heterocycles. The number of benzene rings is 1. The summed E-state index contributed by atoms with van der Waals surface area (Å²) >= 11 is 1.90. The third kappa shape index (κ3) is 8.57. The zero-order valence-corrected chi connectivity index (χ0v) is 21.9. The number of amidine groups is 1. The van der Waals surface area contributed by atoms with Crippen molar-refractivity contribution in [1.82, 2.24) is 14.2 Å². The van der Waals surface area contributed by atoms with Gasteiger partial charge < -0.3 is 14.2 Å². The third-order valence-corrected chi connectivity index (χ3v) is 7.84. The van der Waals surface area contributed by atoms with Crippen LogP contribution in [0.3, 0.4) is 0 Å². The third-order valence-electron chi connectivity index (χ3n) is 6.19. The van der Waals surface area contributed by atoms with E-state index in [0.29, 0.717) is 0 Å². The fourth-order valence-corrected chi connectivity index (χ4v) is 6.05. The Bertz CT molecular complexity index is 1030. The second kappa shape index (κ2) is 13.5. The molecule has 2 heterocycles. The lowest BCUT2D eigenvalue weighted by Crippen LogP contribution is -2.35. The Morgan fingerprint density at radius 3 is 2.65 bits per heavy atom. The second-order valence-electron chi connectivity index (χ2n) is 8.80. The molecule has 1 saturated carbocycles. The molecular weight excluding hydrogens is 472 g/mol. The Hall–Kier alpha value is -1.59. The van der Waals surface area contributed by atoms with Crippen LogP contribution in [0, 0.1) is 0 Å². The molecule has 2 N–H and O–H groups in total. The van der Waals surface area contributed by atoms with Gasteiger partial charge in [0, 0.05) is 67.5 Å². The van der Waals surface area contributed by atoms with Crippen molar-refractivity contribution in [3.8, 4) is 0 Å². The topological polar surface area (TPSA) is 96.2 Å². The summed E-state index contributed by atoms with van der Waals surface area (Å²) in [4.78, 5) is 8.37. The summed E-state index contributed by atoms with van der Waals surface area (Å²) in [6.07, 6.45) is 9.60. The second-order valence-corrected chi connectivity index (χ2v) is 11.1. The van der Waals surface area contributed by atoms with Crippen LogP contribution in [0.5, 0.6) is 0 Å². The molecule has 1 aromatic carbocycles. The number of hydrogen-bond acceptors (Lipinski definition) is 5. The average Bonchev–Trinajstić information content (AvgIpc) is 3.38. The summed E-state index contributed by atoms with van der Waals surface area (Å²) in [6, 6.07) is 8.56. The molecule has 0 amide bonds. The van der Waals surface area contributed by atoms with Crippen LogP contribution < -0.4 is 4.72 Å². The van der Waals surface area contributed by atoms with Gasteiger partial charge in [-0.2, -0.15) is 13.1 Å². The number of ether oxygens (including phenoxy) is 1.